The number of fused-ring (bicyclic) bond motifs is 1. The number of H-pyrrole nitrogens is 1. The van der Waals surface area contributed by atoms with Crippen LogP contribution in [0.3, 0.4) is 0 Å². The van der Waals surface area contributed by atoms with E-state index in [4.69, 9.17) is 4.74 Å². The zero-order chi connectivity index (χ0) is 17.6. The Labute approximate surface area is 148 Å². The molecule has 1 aromatic carbocycles. The van der Waals surface area contributed by atoms with Crippen molar-refractivity contribution in [2.45, 2.75) is 32.1 Å². The summed E-state index contributed by atoms with van der Waals surface area (Å²) in [5.41, 5.74) is 4.67. The van der Waals surface area contributed by atoms with E-state index < -0.39 is 0 Å². The Balaban J connectivity index is 1.94. The molecule has 0 radical (unpaired) electrons. The van der Waals surface area contributed by atoms with Crippen molar-refractivity contribution >= 4 is 10.9 Å². The summed E-state index contributed by atoms with van der Waals surface area (Å²) in [5, 5.41) is 11.5. The summed E-state index contributed by atoms with van der Waals surface area (Å²) in [5.74, 6) is 0.938. The summed E-state index contributed by atoms with van der Waals surface area (Å²) < 4.78 is 5.29. The van der Waals surface area contributed by atoms with Crippen LogP contribution < -0.4 is 10.1 Å². The SMILES string of the molecule is CCCc1ccc(C(CCNC)c2ccc3c(OC)n[nH]c3c2)cn1. The molecule has 132 valence electrons. The Kier molecular flexibility index (Phi) is 5.66. The monoisotopic (exact) mass is 338 g/mol. The number of ether oxygens (including phenoxy) is 1. The highest BCUT2D eigenvalue weighted by Crippen LogP contribution is 2.31. The number of aromatic amines is 1. The highest BCUT2D eigenvalue weighted by atomic mass is 16.5. The second-order valence-corrected chi connectivity index (χ2v) is 6.32. The Morgan fingerprint density at radius 1 is 1.20 bits per heavy atom. The van der Waals surface area contributed by atoms with Crippen LogP contribution in [0.25, 0.3) is 10.9 Å². The van der Waals surface area contributed by atoms with Gasteiger partial charge >= 0.3 is 0 Å². The van der Waals surface area contributed by atoms with Crippen LogP contribution in [0.5, 0.6) is 5.88 Å². The van der Waals surface area contributed by atoms with E-state index in [0.29, 0.717) is 11.8 Å². The van der Waals surface area contributed by atoms with Gasteiger partial charge in [0.2, 0.25) is 5.88 Å². The molecule has 2 heterocycles. The number of aromatic nitrogens is 3. The molecule has 1 unspecified atom stereocenters. The van der Waals surface area contributed by atoms with E-state index in [1.54, 1.807) is 7.11 Å². The van der Waals surface area contributed by atoms with Crippen molar-refractivity contribution in [3.63, 3.8) is 0 Å². The topological polar surface area (TPSA) is 62.8 Å². The number of hydrogen-bond acceptors (Lipinski definition) is 4. The van der Waals surface area contributed by atoms with Crippen molar-refractivity contribution in [3.8, 4) is 5.88 Å². The maximum atomic E-state index is 5.29. The maximum absolute atomic E-state index is 5.29. The standard InChI is InChI=1S/C20H26N4O/c1-4-5-16-8-6-15(13-22-16)17(10-11-21-2)14-7-9-18-19(12-14)23-24-20(18)25-3/h6-9,12-13,17,21H,4-5,10-11H2,1-3H3,(H,23,24). The van der Waals surface area contributed by atoms with Gasteiger partial charge in [0.25, 0.3) is 0 Å². The lowest BCUT2D eigenvalue weighted by Crippen LogP contribution is -2.13. The third kappa shape index (κ3) is 3.82. The lowest BCUT2D eigenvalue weighted by atomic mass is 9.89. The van der Waals surface area contributed by atoms with Crippen LogP contribution in [-0.2, 0) is 6.42 Å². The Morgan fingerprint density at radius 2 is 2.04 bits per heavy atom. The number of benzene rings is 1. The van der Waals surface area contributed by atoms with E-state index in [-0.39, 0.29) is 0 Å². The number of nitrogens with zero attached hydrogens (tertiary/aromatic N) is 2. The number of aryl methyl sites for hydroxylation is 1. The first kappa shape index (κ1) is 17.4. The molecule has 0 aliphatic carbocycles. The minimum Gasteiger partial charge on any atom is -0.480 e. The zero-order valence-corrected chi connectivity index (χ0v) is 15.2. The first-order chi connectivity index (χ1) is 12.3. The molecule has 5 nitrogen and oxygen atoms in total. The molecule has 3 rings (SSSR count). The Morgan fingerprint density at radius 3 is 2.72 bits per heavy atom. The first-order valence-electron chi connectivity index (χ1n) is 8.88. The predicted molar refractivity (Wildman–Crippen MR) is 101 cm³/mol. The molecule has 5 heteroatoms. The molecular formula is C20H26N4O. The van der Waals surface area contributed by atoms with Gasteiger partial charge in [0.1, 0.15) is 0 Å². The number of rotatable bonds is 8. The highest BCUT2D eigenvalue weighted by molar-refractivity contribution is 5.84. The van der Waals surface area contributed by atoms with Crippen molar-refractivity contribution in [3.05, 3.63) is 53.3 Å². The third-order valence-corrected chi connectivity index (χ3v) is 4.59. The van der Waals surface area contributed by atoms with Crippen LogP contribution in [0.1, 0.15) is 42.5 Å². The number of methoxy groups -OCH3 is 1. The fourth-order valence-corrected chi connectivity index (χ4v) is 3.24. The molecule has 0 aliphatic rings. The molecule has 2 N–H and O–H groups in total. The van der Waals surface area contributed by atoms with Gasteiger partial charge in [0.05, 0.1) is 18.0 Å². The van der Waals surface area contributed by atoms with Gasteiger partial charge in [-0.2, -0.15) is 0 Å². The van der Waals surface area contributed by atoms with Crippen molar-refractivity contribution < 1.29 is 4.74 Å². The summed E-state index contributed by atoms with van der Waals surface area (Å²) in [4.78, 5) is 4.64. The summed E-state index contributed by atoms with van der Waals surface area (Å²) in [6.45, 7) is 3.13. The Hall–Kier alpha value is -2.40. The van der Waals surface area contributed by atoms with Gasteiger partial charge in [-0.1, -0.05) is 25.5 Å². The van der Waals surface area contributed by atoms with Crippen LogP contribution >= 0.6 is 0 Å². The van der Waals surface area contributed by atoms with Crippen LogP contribution in [0.2, 0.25) is 0 Å². The zero-order valence-electron chi connectivity index (χ0n) is 15.2. The summed E-state index contributed by atoms with van der Waals surface area (Å²) in [6.07, 6.45) is 5.19. The number of pyridine rings is 1. The summed E-state index contributed by atoms with van der Waals surface area (Å²) >= 11 is 0. The van der Waals surface area contributed by atoms with Gasteiger partial charge in [-0.15, -0.1) is 5.10 Å². The van der Waals surface area contributed by atoms with Gasteiger partial charge in [-0.05, 0) is 55.8 Å². The van der Waals surface area contributed by atoms with Gasteiger partial charge in [0, 0.05) is 17.8 Å². The second kappa shape index (κ2) is 8.12. The average molecular weight is 338 g/mol. The highest BCUT2D eigenvalue weighted by Gasteiger charge is 2.16. The van der Waals surface area contributed by atoms with Crippen LogP contribution in [0.4, 0.5) is 0 Å². The van der Waals surface area contributed by atoms with Gasteiger partial charge in [-0.3, -0.25) is 10.1 Å². The largest absolute Gasteiger partial charge is 0.480 e. The molecular weight excluding hydrogens is 312 g/mol. The molecule has 0 amide bonds. The van der Waals surface area contributed by atoms with Crippen molar-refractivity contribution in [1.82, 2.24) is 20.5 Å². The van der Waals surface area contributed by atoms with Gasteiger partial charge in [0.15, 0.2) is 0 Å². The van der Waals surface area contributed by atoms with Gasteiger partial charge < -0.3 is 10.1 Å². The lowest BCUT2D eigenvalue weighted by molar-refractivity contribution is 0.401. The van der Waals surface area contributed by atoms with Crippen LogP contribution in [0.15, 0.2) is 36.5 Å². The second-order valence-electron chi connectivity index (χ2n) is 6.32. The lowest BCUT2D eigenvalue weighted by Gasteiger charge is -2.18. The molecule has 0 bridgehead atoms. The smallest absolute Gasteiger partial charge is 0.240 e. The Bertz CT molecular complexity index is 810. The number of hydrogen-bond donors (Lipinski definition) is 2. The van der Waals surface area contributed by atoms with Crippen molar-refractivity contribution in [2.75, 3.05) is 20.7 Å². The summed E-state index contributed by atoms with van der Waals surface area (Å²) in [6, 6.07) is 10.8. The molecule has 25 heavy (non-hydrogen) atoms. The average Bonchev–Trinajstić information content (AvgIpc) is 3.06. The van der Waals surface area contributed by atoms with Crippen LogP contribution in [0, 0.1) is 0 Å². The minimum atomic E-state index is 0.300. The normalized spacial score (nSPS) is 12.4. The first-order valence-corrected chi connectivity index (χ1v) is 8.88. The number of nitrogens with one attached hydrogen (secondary N) is 2. The van der Waals surface area contributed by atoms with E-state index in [1.165, 1.54) is 11.1 Å². The molecule has 2 aromatic heterocycles. The fourth-order valence-electron chi connectivity index (χ4n) is 3.24. The summed E-state index contributed by atoms with van der Waals surface area (Å²) in [7, 11) is 3.63. The van der Waals surface area contributed by atoms with Crippen molar-refractivity contribution in [1.29, 1.82) is 0 Å². The maximum Gasteiger partial charge on any atom is 0.240 e. The van der Waals surface area contributed by atoms with E-state index in [2.05, 4.69) is 57.8 Å². The molecule has 0 saturated heterocycles. The fraction of sp³-hybridized carbons (Fsp3) is 0.400. The molecule has 1 atom stereocenters. The van der Waals surface area contributed by atoms with Crippen molar-refractivity contribution in [2.24, 2.45) is 0 Å². The minimum absolute atomic E-state index is 0.300. The quantitative estimate of drug-likeness (QED) is 0.658. The van der Waals surface area contributed by atoms with E-state index in [0.717, 1.165) is 42.4 Å². The van der Waals surface area contributed by atoms with E-state index >= 15 is 0 Å². The van der Waals surface area contributed by atoms with E-state index in [9.17, 15) is 0 Å². The van der Waals surface area contributed by atoms with Gasteiger partial charge in [-0.25, -0.2) is 0 Å². The molecule has 0 spiro atoms. The predicted octanol–water partition coefficient (Wildman–Crippen LogP) is 3.66. The third-order valence-electron chi connectivity index (χ3n) is 4.59. The molecule has 0 fully saturated rings. The van der Waals surface area contributed by atoms with Crippen LogP contribution in [-0.4, -0.2) is 35.9 Å². The molecule has 0 aliphatic heterocycles. The van der Waals surface area contributed by atoms with E-state index in [1.807, 2.05) is 13.2 Å². The molecule has 3 aromatic rings. The molecule has 0 saturated carbocycles.